The Kier molecular flexibility index (Phi) is 6.89. The lowest BCUT2D eigenvalue weighted by Gasteiger charge is -2.10. The molecule has 2 N–H and O–H groups in total. The minimum absolute atomic E-state index is 0.256. The molecule has 3 aromatic rings. The van der Waals surface area contributed by atoms with Gasteiger partial charge in [0.25, 0.3) is 5.91 Å². The number of amides is 2. The number of methoxy groups -OCH3 is 2. The van der Waals surface area contributed by atoms with Crippen molar-refractivity contribution in [2.24, 2.45) is 0 Å². The van der Waals surface area contributed by atoms with Crippen LogP contribution < -0.4 is 20.1 Å². The van der Waals surface area contributed by atoms with E-state index in [1.54, 1.807) is 81.2 Å². The van der Waals surface area contributed by atoms with Crippen LogP contribution in [0.25, 0.3) is 6.08 Å². The zero-order chi connectivity index (χ0) is 21.3. The Morgan fingerprint density at radius 2 is 1.73 bits per heavy atom. The molecule has 3 rings (SSSR count). The van der Waals surface area contributed by atoms with Gasteiger partial charge in [0.15, 0.2) is 0 Å². The molecule has 1 heterocycles. The molecule has 0 aliphatic rings. The maximum Gasteiger partial charge on any atom is 0.253 e. The van der Waals surface area contributed by atoms with Gasteiger partial charge < -0.3 is 24.5 Å². The quantitative estimate of drug-likeness (QED) is 0.554. The standard InChI is InChI=1S/C23H22N2O5/c1-28-18-12-16(13-19(14-18)29-2)9-10-22(26)25-21-8-4-3-7-20(21)23(27)24-15-17-6-5-11-30-17/h3-14H,15H2,1-2H3,(H,24,27)(H,25,26)/b10-9+. The molecule has 30 heavy (non-hydrogen) atoms. The molecule has 0 bridgehead atoms. The number of benzene rings is 2. The Bertz CT molecular complexity index is 1020. The maximum atomic E-state index is 12.5. The van der Waals surface area contributed by atoms with Gasteiger partial charge in [-0.05, 0) is 48.0 Å². The zero-order valence-electron chi connectivity index (χ0n) is 16.7. The van der Waals surface area contributed by atoms with Crippen molar-refractivity contribution in [1.82, 2.24) is 5.32 Å². The summed E-state index contributed by atoms with van der Waals surface area (Å²) in [5.41, 5.74) is 1.51. The summed E-state index contributed by atoms with van der Waals surface area (Å²) in [6.07, 6.45) is 4.56. The monoisotopic (exact) mass is 406 g/mol. The normalized spacial score (nSPS) is 10.6. The van der Waals surface area contributed by atoms with Crippen molar-refractivity contribution in [3.63, 3.8) is 0 Å². The second kappa shape index (κ2) is 9.97. The number of hydrogen-bond donors (Lipinski definition) is 2. The number of nitrogens with one attached hydrogen (secondary N) is 2. The Labute approximate surface area is 174 Å². The molecule has 0 aliphatic heterocycles. The van der Waals surface area contributed by atoms with E-state index in [2.05, 4.69) is 10.6 Å². The van der Waals surface area contributed by atoms with Gasteiger partial charge in [-0.1, -0.05) is 12.1 Å². The van der Waals surface area contributed by atoms with Crippen LogP contribution in [-0.2, 0) is 11.3 Å². The van der Waals surface area contributed by atoms with Gasteiger partial charge in [0.05, 0.1) is 38.3 Å². The van der Waals surface area contributed by atoms with Crippen molar-refractivity contribution >= 4 is 23.6 Å². The SMILES string of the molecule is COc1cc(/C=C/C(=O)Nc2ccccc2C(=O)NCc2ccco2)cc(OC)c1. The molecule has 0 saturated carbocycles. The summed E-state index contributed by atoms with van der Waals surface area (Å²) in [6, 6.07) is 15.6. The fourth-order valence-corrected chi connectivity index (χ4v) is 2.74. The number of para-hydroxylation sites is 1. The fourth-order valence-electron chi connectivity index (χ4n) is 2.74. The molecule has 0 saturated heterocycles. The smallest absolute Gasteiger partial charge is 0.253 e. The number of rotatable bonds is 8. The molecule has 7 heteroatoms. The number of furan rings is 1. The predicted molar refractivity (Wildman–Crippen MR) is 114 cm³/mol. The molecular formula is C23H22N2O5. The molecule has 1 aromatic heterocycles. The summed E-state index contributed by atoms with van der Waals surface area (Å²) < 4.78 is 15.7. The van der Waals surface area contributed by atoms with Crippen LogP contribution in [0.5, 0.6) is 11.5 Å². The number of carbonyl (C=O) groups is 2. The molecule has 0 radical (unpaired) electrons. The van der Waals surface area contributed by atoms with Crippen molar-refractivity contribution in [1.29, 1.82) is 0 Å². The van der Waals surface area contributed by atoms with E-state index in [9.17, 15) is 9.59 Å². The van der Waals surface area contributed by atoms with Crippen molar-refractivity contribution in [3.8, 4) is 11.5 Å². The van der Waals surface area contributed by atoms with Crippen LogP contribution in [0, 0.1) is 0 Å². The molecule has 0 atom stereocenters. The van der Waals surface area contributed by atoms with Crippen LogP contribution in [0.2, 0.25) is 0 Å². The topological polar surface area (TPSA) is 89.8 Å². The molecule has 154 valence electrons. The molecular weight excluding hydrogens is 384 g/mol. The fraction of sp³-hybridized carbons (Fsp3) is 0.130. The summed E-state index contributed by atoms with van der Waals surface area (Å²) in [6.45, 7) is 0.256. The molecule has 2 amide bonds. The van der Waals surface area contributed by atoms with Gasteiger partial charge >= 0.3 is 0 Å². The van der Waals surface area contributed by atoms with Gasteiger partial charge in [0.2, 0.25) is 5.91 Å². The van der Waals surface area contributed by atoms with Crippen molar-refractivity contribution in [2.75, 3.05) is 19.5 Å². The molecule has 0 aliphatic carbocycles. The van der Waals surface area contributed by atoms with Crippen LogP contribution in [-0.4, -0.2) is 26.0 Å². The highest BCUT2D eigenvalue weighted by Gasteiger charge is 2.12. The van der Waals surface area contributed by atoms with E-state index < -0.39 is 0 Å². The summed E-state index contributed by atoms with van der Waals surface area (Å²) in [5, 5.41) is 5.51. The second-order valence-electron chi connectivity index (χ2n) is 6.28. The minimum Gasteiger partial charge on any atom is -0.497 e. The summed E-state index contributed by atoms with van der Waals surface area (Å²) in [5.74, 6) is 1.19. The largest absolute Gasteiger partial charge is 0.497 e. The summed E-state index contributed by atoms with van der Waals surface area (Å²) in [7, 11) is 3.12. The zero-order valence-corrected chi connectivity index (χ0v) is 16.7. The maximum absolute atomic E-state index is 12.5. The van der Waals surface area contributed by atoms with Gasteiger partial charge in [-0.25, -0.2) is 0 Å². The average Bonchev–Trinajstić information content (AvgIpc) is 3.30. The highest BCUT2D eigenvalue weighted by molar-refractivity contribution is 6.07. The van der Waals surface area contributed by atoms with E-state index in [4.69, 9.17) is 13.9 Å². The van der Waals surface area contributed by atoms with E-state index in [1.807, 2.05) is 0 Å². The van der Waals surface area contributed by atoms with Crippen LogP contribution in [0.3, 0.4) is 0 Å². The third kappa shape index (κ3) is 5.51. The Balaban J connectivity index is 1.68. The van der Waals surface area contributed by atoms with Gasteiger partial charge in [-0.2, -0.15) is 0 Å². The number of ether oxygens (including phenoxy) is 2. The molecule has 0 unspecified atom stereocenters. The number of anilines is 1. The molecule has 0 fully saturated rings. The van der Waals surface area contributed by atoms with E-state index >= 15 is 0 Å². The first-order valence-corrected chi connectivity index (χ1v) is 9.21. The van der Waals surface area contributed by atoms with Crippen molar-refractivity contribution in [2.45, 2.75) is 6.54 Å². The van der Waals surface area contributed by atoms with Gasteiger partial charge in [-0.15, -0.1) is 0 Å². The average molecular weight is 406 g/mol. The van der Waals surface area contributed by atoms with E-state index in [-0.39, 0.29) is 18.4 Å². The lowest BCUT2D eigenvalue weighted by Crippen LogP contribution is -2.24. The number of carbonyl (C=O) groups excluding carboxylic acids is 2. The summed E-state index contributed by atoms with van der Waals surface area (Å²) in [4.78, 5) is 24.9. The van der Waals surface area contributed by atoms with Crippen LogP contribution in [0.15, 0.2) is 71.4 Å². The minimum atomic E-state index is -0.372. The third-order valence-electron chi connectivity index (χ3n) is 4.23. The van der Waals surface area contributed by atoms with Crippen LogP contribution in [0.4, 0.5) is 5.69 Å². The van der Waals surface area contributed by atoms with Gasteiger partial charge in [0.1, 0.15) is 17.3 Å². The van der Waals surface area contributed by atoms with E-state index in [0.717, 1.165) is 5.56 Å². The molecule has 7 nitrogen and oxygen atoms in total. The van der Waals surface area contributed by atoms with Crippen molar-refractivity contribution < 1.29 is 23.5 Å². The third-order valence-corrected chi connectivity index (χ3v) is 4.23. The van der Waals surface area contributed by atoms with Crippen LogP contribution in [0.1, 0.15) is 21.7 Å². The highest BCUT2D eigenvalue weighted by atomic mass is 16.5. The Hall–Kier alpha value is -4.00. The van der Waals surface area contributed by atoms with Gasteiger partial charge in [0, 0.05) is 12.1 Å². The number of hydrogen-bond acceptors (Lipinski definition) is 5. The first kappa shape index (κ1) is 20.7. The molecule has 0 spiro atoms. The first-order chi connectivity index (χ1) is 14.6. The van der Waals surface area contributed by atoms with Crippen LogP contribution >= 0.6 is 0 Å². The Morgan fingerprint density at radius 3 is 2.40 bits per heavy atom. The molecule has 2 aromatic carbocycles. The highest BCUT2D eigenvalue weighted by Crippen LogP contribution is 2.23. The lowest BCUT2D eigenvalue weighted by molar-refractivity contribution is -0.111. The van der Waals surface area contributed by atoms with Gasteiger partial charge in [-0.3, -0.25) is 9.59 Å². The Morgan fingerprint density at radius 1 is 1.00 bits per heavy atom. The van der Waals surface area contributed by atoms with E-state index in [0.29, 0.717) is 28.5 Å². The predicted octanol–water partition coefficient (Wildman–Crippen LogP) is 3.88. The van der Waals surface area contributed by atoms with Crippen molar-refractivity contribution in [3.05, 3.63) is 83.8 Å². The lowest BCUT2D eigenvalue weighted by atomic mass is 10.1. The van der Waals surface area contributed by atoms with E-state index in [1.165, 1.54) is 6.08 Å². The summed E-state index contributed by atoms with van der Waals surface area (Å²) >= 11 is 0. The second-order valence-corrected chi connectivity index (χ2v) is 6.28. The first-order valence-electron chi connectivity index (χ1n) is 9.21.